The van der Waals surface area contributed by atoms with Crippen LogP contribution in [-0.4, -0.2) is 36.0 Å². The Balaban J connectivity index is 1.74. The fraction of sp³-hybridized carbons (Fsp3) is 0.435. The number of amides is 1. The van der Waals surface area contributed by atoms with Crippen molar-refractivity contribution in [3.05, 3.63) is 71.3 Å². The van der Waals surface area contributed by atoms with Gasteiger partial charge in [0.2, 0.25) is 5.91 Å². The SMILES string of the molecule is CC(C)(CNC(=O)C(Cc1ccc(F)cc1)c1ccc(F)cc1)N1CCCC1. The number of benzene rings is 2. The van der Waals surface area contributed by atoms with Crippen LogP contribution in [0.15, 0.2) is 48.5 Å². The summed E-state index contributed by atoms with van der Waals surface area (Å²) >= 11 is 0. The van der Waals surface area contributed by atoms with Gasteiger partial charge >= 0.3 is 0 Å². The molecule has 2 aromatic carbocycles. The van der Waals surface area contributed by atoms with Crippen molar-refractivity contribution in [3.63, 3.8) is 0 Å². The van der Waals surface area contributed by atoms with Gasteiger partial charge in [0.05, 0.1) is 5.92 Å². The summed E-state index contributed by atoms with van der Waals surface area (Å²) < 4.78 is 26.6. The number of hydrogen-bond acceptors (Lipinski definition) is 2. The van der Waals surface area contributed by atoms with Crippen LogP contribution in [-0.2, 0) is 11.2 Å². The summed E-state index contributed by atoms with van der Waals surface area (Å²) in [7, 11) is 0. The molecule has 1 aliphatic heterocycles. The lowest BCUT2D eigenvalue weighted by atomic mass is 9.90. The van der Waals surface area contributed by atoms with E-state index in [9.17, 15) is 13.6 Å². The predicted molar refractivity (Wildman–Crippen MR) is 107 cm³/mol. The van der Waals surface area contributed by atoms with E-state index >= 15 is 0 Å². The molecule has 150 valence electrons. The lowest BCUT2D eigenvalue weighted by Crippen LogP contribution is -2.51. The van der Waals surface area contributed by atoms with Crippen LogP contribution < -0.4 is 5.32 Å². The van der Waals surface area contributed by atoms with Gasteiger partial charge in [-0.15, -0.1) is 0 Å². The fourth-order valence-corrected chi connectivity index (χ4v) is 3.77. The molecular formula is C23H28F2N2O. The highest BCUT2D eigenvalue weighted by Gasteiger charge is 2.30. The molecule has 28 heavy (non-hydrogen) atoms. The molecule has 1 atom stereocenters. The monoisotopic (exact) mass is 386 g/mol. The Bertz CT molecular complexity index is 781. The van der Waals surface area contributed by atoms with Gasteiger partial charge in [0, 0.05) is 12.1 Å². The minimum Gasteiger partial charge on any atom is -0.354 e. The van der Waals surface area contributed by atoms with E-state index < -0.39 is 5.92 Å². The van der Waals surface area contributed by atoms with E-state index in [1.54, 1.807) is 24.3 Å². The number of carbonyl (C=O) groups is 1. The second kappa shape index (κ2) is 8.82. The first kappa shape index (κ1) is 20.5. The van der Waals surface area contributed by atoms with E-state index in [-0.39, 0.29) is 23.1 Å². The summed E-state index contributed by atoms with van der Waals surface area (Å²) in [5.41, 5.74) is 1.50. The Morgan fingerprint density at radius 1 is 1.00 bits per heavy atom. The molecule has 0 aromatic heterocycles. The summed E-state index contributed by atoms with van der Waals surface area (Å²) in [6, 6.07) is 12.2. The molecule has 1 saturated heterocycles. The first-order valence-corrected chi connectivity index (χ1v) is 9.88. The number of likely N-dealkylation sites (tertiary alicyclic amines) is 1. The first-order chi connectivity index (χ1) is 13.3. The Kier molecular flexibility index (Phi) is 6.45. The Labute approximate surface area is 165 Å². The Morgan fingerprint density at radius 3 is 2.11 bits per heavy atom. The quantitative estimate of drug-likeness (QED) is 0.770. The summed E-state index contributed by atoms with van der Waals surface area (Å²) in [5, 5.41) is 3.10. The van der Waals surface area contributed by atoms with Crippen LogP contribution >= 0.6 is 0 Å². The van der Waals surface area contributed by atoms with E-state index in [4.69, 9.17) is 0 Å². The molecule has 5 heteroatoms. The number of rotatable bonds is 7. The molecule has 0 bridgehead atoms. The molecule has 0 saturated carbocycles. The Hall–Kier alpha value is -2.27. The van der Waals surface area contributed by atoms with Crippen LogP contribution in [0, 0.1) is 11.6 Å². The van der Waals surface area contributed by atoms with Gasteiger partial charge in [-0.2, -0.15) is 0 Å². The van der Waals surface area contributed by atoms with Crippen molar-refractivity contribution in [2.45, 2.75) is 44.6 Å². The normalized spacial score (nSPS) is 16.1. The van der Waals surface area contributed by atoms with Crippen molar-refractivity contribution in [2.75, 3.05) is 19.6 Å². The molecule has 3 nitrogen and oxygen atoms in total. The van der Waals surface area contributed by atoms with Crippen LogP contribution in [0.1, 0.15) is 43.7 Å². The number of carbonyl (C=O) groups excluding carboxylic acids is 1. The number of nitrogens with one attached hydrogen (secondary N) is 1. The first-order valence-electron chi connectivity index (χ1n) is 9.88. The molecule has 2 aromatic rings. The average Bonchev–Trinajstić information content (AvgIpc) is 3.22. The van der Waals surface area contributed by atoms with Crippen molar-refractivity contribution in [1.29, 1.82) is 0 Å². The maximum Gasteiger partial charge on any atom is 0.227 e. The van der Waals surface area contributed by atoms with Gasteiger partial charge < -0.3 is 5.32 Å². The van der Waals surface area contributed by atoms with Crippen molar-refractivity contribution in [3.8, 4) is 0 Å². The fourth-order valence-electron chi connectivity index (χ4n) is 3.77. The highest BCUT2D eigenvalue weighted by atomic mass is 19.1. The van der Waals surface area contributed by atoms with Crippen LogP contribution in [0.3, 0.4) is 0 Å². The summed E-state index contributed by atoms with van der Waals surface area (Å²) in [6.07, 6.45) is 2.82. The molecule has 0 radical (unpaired) electrons. The molecule has 3 rings (SSSR count). The van der Waals surface area contributed by atoms with Crippen LogP contribution in [0.4, 0.5) is 8.78 Å². The van der Waals surface area contributed by atoms with E-state index in [1.165, 1.54) is 37.1 Å². The highest BCUT2D eigenvalue weighted by molar-refractivity contribution is 5.84. The topological polar surface area (TPSA) is 32.3 Å². The van der Waals surface area contributed by atoms with Crippen LogP contribution in [0.2, 0.25) is 0 Å². The maximum absolute atomic E-state index is 13.4. The molecule has 1 N–H and O–H groups in total. The van der Waals surface area contributed by atoms with Crippen molar-refractivity contribution in [1.82, 2.24) is 10.2 Å². The summed E-state index contributed by atoms with van der Waals surface area (Å²) in [4.78, 5) is 15.5. The molecule has 1 unspecified atom stereocenters. The number of hydrogen-bond donors (Lipinski definition) is 1. The second-order valence-electron chi connectivity index (χ2n) is 8.16. The lowest BCUT2D eigenvalue weighted by molar-refractivity contribution is -0.123. The molecular weight excluding hydrogens is 358 g/mol. The summed E-state index contributed by atoms with van der Waals surface area (Å²) in [5.74, 6) is -1.19. The van der Waals surface area contributed by atoms with Crippen LogP contribution in [0.5, 0.6) is 0 Å². The average molecular weight is 386 g/mol. The molecule has 0 spiro atoms. The smallest absolute Gasteiger partial charge is 0.227 e. The maximum atomic E-state index is 13.4. The predicted octanol–water partition coefficient (Wildman–Crippen LogP) is 4.28. The standard InChI is InChI=1S/C23H28F2N2O/c1-23(2,27-13-3-4-14-27)16-26-22(28)21(18-7-11-20(25)12-8-18)15-17-5-9-19(24)10-6-17/h5-12,21H,3-4,13-16H2,1-2H3,(H,26,28). The van der Waals surface area contributed by atoms with Gasteiger partial charge in [-0.25, -0.2) is 8.78 Å². The summed E-state index contributed by atoms with van der Waals surface area (Å²) in [6.45, 7) is 6.95. The zero-order chi connectivity index (χ0) is 20.1. The van der Waals surface area contributed by atoms with E-state index in [0.29, 0.717) is 13.0 Å². The van der Waals surface area contributed by atoms with Crippen molar-refractivity contribution >= 4 is 5.91 Å². The molecule has 1 fully saturated rings. The third-order valence-electron chi connectivity index (χ3n) is 5.60. The Morgan fingerprint density at radius 2 is 1.54 bits per heavy atom. The van der Waals surface area contributed by atoms with E-state index in [2.05, 4.69) is 24.1 Å². The largest absolute Gasteiger partial charge is 0.354 e. The van der Waals surface area contributed by atoms with Gasteiger partial charge in [0.1, 0.15) is 11.6 Å². The van der Waals surface area contributed by atoms with E-state index in [0.717, 1.165) is 24.2 Å². The zero-order valence-corrected chi connectivity index (χ0v) is 16.6. The zero-order valence-electron chi connectivity index (χ0n) is 16.6. The van der Waals surface area contributed by atoms with Gasteiger partial charge in [0.25, 0.3) is 0 Å². The molecule has 1 amide bonds. The van der Waals surface area contributed by atoms with Gasteiger partial charge in [-0.1, -0.05) is 24.3 Å². The minimum absolute atomic E-state index is 0.0943. The van der Waals surface area contributed by atoms with Crippen LogP contribution in [0.25, 0.3) is 0 Å². The number of nitrogens with zero attached hydrogens (tertiary/aromatic N) is 1. The third kappa shape index (κ3) is 5.16. The van der Waals surface area contributed by atoms with E-state index in [1.807, 2.05) is 0 Å². The second-order valence-corrected chi connectivity index (χ2v) is 8.16. The number of halogens is 2. The van der Waals surface area contributed by atoms with Gasteiger partial charge in [0.15, 0.2) is 0 Å². The van der Waals surface area contributed by atoms with Crippen molar-refractivity contribution < 1.29 is 13.6 Å². The molecule has 1 heterocycles. The lowest BCUT2D eigenvalue weighted by Gasteiger charge is -2.36. The van der Waals surface area contributed by atoms with Gasteiger partial charge in [-0.3, -0.25) is 9.69 Å². The van der Waals surface area contributed by atoms with Crippen molar-refractivity contribution in [2.24, 2.45) is 0 Å². The molecule has 0 aliphatic carbocycles. The third-order valence-corrected chi connectivity index (χ3v) is 5.60. The molecule has 1 aliphatic rings. The minimum atomic E-state index is -0.458. The highest BCUT2D eigenvalue weighted by Crippen LogP contribution is 2.24. The van der Waals surface area contributed by atoms with Gasteiger partial charge in [-0.05, 0) is 81.6 Å².